The molecule has 0 radical (unpaired) electrons. The van der Waals surface area contributed by atoms with E-state index in [0.717, 1.165) is 32.2 Å². The summed E-state index contributed by atoms with van der Waals surface area (Å²) in [5, 5.41) is 3.32. The Morgan fingerprint density at radius 3 is 2.52 bits per heavy atom. The first-order valence-corrected chi connectivity index (χ1v) is 8.84. The fraction of sp³-hybridized carbons (Fsp3) is 0.600. The monoisotopic (exact) mass is 332 g/mol. The highest BCUT2D eigenvalue weighted by Gasteiger charge is 2.24. The highest BCUT2D eigenvalue weighted by Crippen LogP contribution is 2.15. The first-order chi connectivity index (χ1) is 9.51. The lowest BCUT2D eigenvalue weighted by molar-refractivity contribution is 0.361. The normalized spacial score (nSPS) is 22.6. The predicted molar refractivity (Wildman–Crippen MR) is 88.5 cm³/mol. The molecule has 1 aliphatic heterocycles. The smallest absolute Gasteiger partial charge is 0.240 e. The van der Waals surface area contributed by atoms with E-state index >= 15 is 0 Å². The molecular formula is C15H25ClN2O2S. The summed E-state index contributed by atoms with van der Waals surface area (Å²) < 4.78 is 27.5. The molecule has 0 aliphatic carbocycles. The summed E-state index contributed by atoms with van der Waals surface area (Å²) in [6.45, 7) is 5.06. The van der Waals surface area contributed by atoms with Crippen LogP contribution in [0.4, 0.5) is 0 Å². The van der Waals surface area contributed by atoms with Crippen molar-refractivity contribution in [2.45, 2.75) is 56.5 Å². The topological polar surface area (TPSA) is 58.2 Å². The van der Waals surface area contributed by atoms with Gasteiger partial charge in [0.15, 0.2) is 0 Å². The maximum atomic E-state index is 12.3. The van der Waals surface area contributed by atoms with Crippen LogP contribution < -0.4 is 10.0 Å². The van der Waals surface area contributed by atoms with Gasteiger partial charge < -0.3 is 5.32 Å². The molecule has 1 heterocycles. The Hall–Kier alpha value is -0.620. The van der Waals surface area contributed by atoms with Crippen LogP contribution in [-0.2, 0) is 16.4 Å². The summed E-state index contributed by atoms with van der Waals surface area (Å²) in [4.78, 5) is 0.364. The molecule has 0 bridgehead atoms. The predicted octanol–water partition coefficient (Wildman–Crippen LogP) is 2.48. The zero-order valence-electron chi connectivity index (χ0n) is 12.6. The van der Waals surface area contributed by atoms with Gasteiger partial charge in [-0.15, -0.1) is 12.4 Å². The van der Waals surface area contributed by atoms with Crippen molar-refractivity contribution in [1.29, 1.82) is 0 Å². The third-order valence-electron chi connectivity index (χ3n) is 3.72. The fourth-order valence-corrected chi connectivity index (χ4v) is 3.93. The van der Waals surface area contributed by atoms with Gasteiger partial charge in [-0.2, -0.15) is 0 Å². The second-order valence-electron chi connectivity index (χ2n) is 5.59. The number of hydrogen-bond donors (Lipinski definition) is 2. The van der Waals surface area contributed by atoms with Gasteiger partial charge in [0.1, 0.15) is 0 Å². The van der Waals surface area contributed by atoms with Gasteiger partial charge in [0.05, 0.1) is 4.90 Å². The number of sulfonamides is 1. The Balaban J connectivity index is 0.00000220. The molecule has 6 heteroatoms. The molecule has 0 saturated carbocycles. The van der Waals surface area contributed by atoms with E-state index in [1.807, 2.05) is 12.1 Å². The first kappa shape index (κ1) is 18.4. The minimum absolute atomic E-state index is 0. The van der Waals surface area contributed by atoms with E-state index in [4.69, 9.17) is 0 Å². The Morgan fingerprint density at radius 1 is 1.29 bits per heavy atom. The lowest BCUT2D eigenvalue weighted by Gasteiger charge is -2.28. The van der Waals surface area contributed by atoms with Crippen LogP contribution in [0, 0.1) is 0 Å². The molecule has 2 atom stereocenters. The first-order valence-electron chi connectivity index (χ1n) is 7.36. The number of hydrogen-bond acceptors (Lipinski definition) is 3. The van der Waals surface area contributed by atoms with Crippen LogP contribution in [0.5, 0.6) is 0 Å². The van der Waals surface area contributed by atoms with E-state index in [2.05, 4.69) is 23.9 Å². The summed E-state index contributed by atoms with van der Waals surface area (Å²) in [6.07, 6.45) is 3.74. The standard InChI is InChI=1S/C15H24N2O2S.ClH/c1-3-4-13-5-7-15(8-6-13)20(18,19)17-14-9-10-16-12(2)11-14;/h5-8,12,14,16-17H,3-4,9-11H2,1-2H3;1H. The van der Waals surface area contributed by atoms with Crippen LogP contribution in [0.3, 0.4) is 0 Å². The number of piperidine rings is 1. The van der Waals surface area contributed by atoms with Crippen molar-refractivity contribution in [2.75, 3.05) is 6.54 Å². The Labute approximate surface area is 134 Å². The van der Waals surface area contributed by atoms with E-state index in [-0.39, 0.29) is 18.4 Å². The minimum atomic E-state index is -3.39. The quantitative estimate of drug-likeness (QED) is 0.871. The largest absolute Gasteiger partial charge is 0.314 e. The van der Waals surface area contributed by atoms with Gasteiger partial charge >= 0.3 is 0 Å². The van der Waals surface area contributed by atoms with E-state index in [1.54, 1.807) is 12.1 Å². The summed E-state index contributed by atoms with van der Waals surface area (Å²) >= 11 is 0. The maximum absolute atomic E-state index is 12.3. The van der Waals surface area contributed by atoms with Gasteiger partial charge in [-0.25, -0.2) is 13.1 Å². The molecule has 0 spiro atoms. The molecule has 2 unspecified atom stereocenters. The van der Waals surface area contributed by atoms with Crippen LogP contribution in [-0.4, -0.2) is 27.0 Å². The molecule has 1 saturated heterocycles. The lowest BCUT2D eigenvalue weighted by Crippen LogP contribution is -2.46. The second kappa shape index (κ2) is 8.13. The maximum Gasteiger partial charge on any atom is 0.240 e. The van der Waals surface area contributed by atoms with Crippen molar-refractivity contribution in [1.82, 2.24) is 10.0 Å². The average molecular weight is 333 g/mol. The number of benzene rings is 1. The molecule has 1 aromatic carbocycles. The van der Waals surface area contributed by atoms with Crippen molar-refractivity contribution >= 4 is 22.4 Å². The van der Waals surface area contributed by atoms with Gasteiger partial charge in [-0.05, 0) is 50.4 Å². The zero-order valence-corrected chi connectivity index (χ0v) is 14.3. The molecular weight excluding hydrogens is 308 g/mol. The fourth-order valence-electron chi connectivity index (χ4n) is 2.65. The van der Waals surface area contributed by atoms with Gasteiger partial charge in [-0.3, -0.25) is 0 Å². The SMILES string of the molecule is CCCc1ccc(S(=O)(=O)NC2CCNC(C)C2)cc1.Cl. The van der Waals surface area contributed by atoms with Crippen LogP contribution in [0.25, 0.3) is 0 Å². The number of nitrogens with one attached hydrogen (secondary N) is 2. The Morgan fingerprint density at radius 2 is 1.95 bits per heavy atom. The molecule has 4 nitrogen and oxygen atoms in total. The molecule has 1 aromatic rings. The van der Waals surface area contributed by atoms with Gasteiger partial charge in [-0.1, -0.05) is 25.5 Å². The third kappa shape index (κ3) is 5.25. The summed E-state index contributed by atoms with van der Waals surface area (Å²) in [6, 6.07) is 7.62. The second-order valence-corrected chi connectivity index (χ2v) is 7.31. The van der Waals surface area contributed by atoms with E-state index in [1.165, 1.54) is 5.56 Å². The van der Waals surface area contributed by atoms with Gasteiger partial charge in [0, 0.05) is 12.1 Å². The van der Waals surface area contributed by atoms with Crippen molar-refractivity contribution in [2.24, 2.45) is 0 Å². The molecule has 1 fully saturated rings. The molecule has 0 amide bonds. The molecule has 1 aliphatic rings. The molecule has 120 valence electrons. The molecule has 2 rings (SSSR count). The van der Waals surface area contributed by atoms with Crippen molar-refractivity contribution in [3.05, 3.63) is 29.8 Å². The van der Waals surface area contributed by atoms with Gasteiger partial charge in [0.2, 0.25) is 10.0 Å². The van der Waals surface area contributed by atoms with E-state index < -0.39 is 10.0 Å². The van der Waals surface area contributed by atoms with Crippen LogP contribution >= 0.6 is 12.4 Å². The zero-order chi connectivity index (χ0) is 14.6. The Kier molecular flexibility index (Phi) is 7.13. The van der Waals surface area contributed by atoms with Crippen LogP contribution in [0.15, 0.2) is 29.2 Å². The minimum Gasteiger partial charge on any atom is -0.314 e. The van der Waals surface area contributed by atoms with Crippen LogP contribution in [0.1, 0.15) is 38.7 Å². The summed E-state index contributed by atoms with van der Waals surface area (Å²) in [5.74, 6) is 0. The van der Waals surface area contributed by atoms with Crippen molar-refractivity contribution in [3.63, 3.8) is 0 Å². The summed E-state index contributed by atoms with van der Waals surface area (Å²) in [5.41, 5.74) is 1.18. The third-order valence-corrected chi connectivity index (χ3v) is 5.25. The molecule has 2 N–H and O–H groups in total. The molecule has 21 heavy (non-hydrogen) atoms. The highest BCUT2D eigenvalue weighted by molar-refractivity contribution is 7.89. The van der Waals surface area contributed by atoms with Crippen molar-refractivity contribution in [3.8, 4) is 0 Å². The lowest BCUT2D eigenvalue weighted by atomic mass is 10.0. The van der Waals surface area contributed by atoms with Gasteiger partial charge in [0.25, 0.3) is 0 Å². The summed E-state index contributed by atoms with van der Waals surface area (Å²) in [7, 11) is -3.39. The highest BCUT2D eigenvalue weighted by atomic mass is 35.5. The number of halogens is 1. The van der Waals surface area contributed by atoms with Crippen molar-refractivity contribution < 1.29 is 8.42 Å². The Bertz CT molecular complexity index is 531. The van der Waals surface area contributed by atoms with E-state index in [9.17, 15) is 8.42 Å². The van der Waals surface area contributed by atoms with Crippen LogP contribution in [0.2, 0.25) is 0 Å². The average Bonchev–Trinajstić information content (AvgIpc) is 2.39. The number of rotatable bonds is 5. The molecule has 0 aromatic heterocycles. The number of aryl methyl sites for hydroxylation is 1. The van der Waals surface area contributed by atoms with E-state index in [0.29, 0.717) is 10.9 Å².